The van der Waals surface area contributed by atoms with Crippen LogP contribution in [-0.4, -0.2) is 108 Å². The third kappa shape index (κ3) is 8.55. The van der Waals surface area contributed by atoms with E-state index in [-0.39, 0.29) is 131 Å². The summed E-state index contributed by atoms with van der Waals surface area (Å²) >= 11 is 0. The molecule has 422 valence electrons. The van der Waals surface area contributed by atoms with Crippen LogP contribution >= 0.6 is 0 Å². The molecule has 2 spiro atoms. The molecule has 4 N–H and O–H groups in total. The Kier molecular flexibility index (Phi) is 15.3. The molecule has 0 amide bonds. The maximum atomic E-state index is 12.5. The summed E-state index contributed by atoms with van der Waals surface area (Å²) in [5.74, 6) is -2.77. The van der Waals surface area contributed by atoms with Crippen LogP contribution in [0.4, 0.5) is 0 Å². The van der Waals surface area contributed by atoms with Gasteiger partial charge in [0.2, 0.25) is 20.8 Å². The van der Waals surface area contributed by atoms with Gasteiger partial charge in [0, 0.05) is 38.9 Å². The molecule has 9 fully saturated rings. The van der Waals surface area contributed by atoms with Crippen LogP contribution in [0.1, 0.15) is 172 Å². The predicted octanol–water partition coefficient (Wildman–Crippen LogP) is 2.15. The van der Waals surface area contributed by atoms with E-state index in [1.807, 2.05) is 0 Å². The summed E-state index contributed by atoms with van der Waals surface area (Å²) in [6.45, 7) is 21.9. The Balaban J connectivity index is 0.00000336. The Morgan fingerprint density at radius 1 is 0.701 bits per heavy atom. The Labute approximate surface area is 503 Å². The number of hydrogen-bond acceptors (Lipinski definition) is 15. The largest absolute Gasteiger partial charge is 1.00 e. The van der Waals surface area contributed by atoms with Crippen molar-refractivity contribution in [3.63, 3.8) is 0 Å². The minimum atomic E-state index is -5.09. The van der Waals surface area contributed by atoms with Crippen molar-refractivity contribution in [2.75, 3.05) is 13.2 Å². The molecular weight excluding hydrogens is 1050 g/mol. The van der Waals surface area contributed by atoms with Gasteiger partial charge in [0.25, 0.3) is 0 Å². The van der Waals surface area contributed by atoms with Gasteiger partial charge in [-0.3, -0.25) is 8.37 Å². The summed E-state index contributed by atoms with van der Waals surface area (Å²) in [6.07, 6.45) is 10.6. The maximum absolute atomic E-state index is 12.5. The summed E-state index contributed by atoms with van der Waals surface area (Å²) in [6, 6.07) is 0. The van der Waals surface area contributed by atoms with Gasteiger partial charge in [-0.15, -0.1) is 0 Å². The van der Waals surface area contributed by atoms with Crippen molar-refractivity contribution >= 4 is 20.8 Å². The van der Waals surface area contributed by atoms with Gasteiger partial charge in [-0.2, -0.15) is 0 Å². The van der Waals surface area contributed by atoms with Crippen LogP contribution in [-0.2, 0) is 43.4 Å². The second-order valence-electron chi connectivity index (χ2n) is 29.2. The van der Waals surface area contributed by atoms with E-state index in [2.05, 4.69) is 47.6 Å². The second kappa shape index (κ2) is 19.3. The summed E-state index contributed by atoms with van der Waals surface area (Å²) in [5, 5.41) is 46.5. The van der Waals surface area contributed by atoms with Gasteiger partial charge in [0.15, 0.2) is 11.6 Å². The zero-order valence-corrected chi connectivity index (χ0v) is 53.7. The normalized spacial score (nSPS) is 50.6. The first-order chi connectivity index (χ1) is 34.7. The SMILES string of the molecule is CC1=C[C@]2(C)C[C@H]1C[C@H]([C@@H](C)[C@H]1CC[C@H]3C4=C(CC[C@]13C)[C@@]13CO[C@@](O)([C@@H](O)C1)C(C)(C)[C@@H]3[C@@H](OS(=O)(=O)[O-])C4)O[C@H]2CC[C@@H](C)[C@H]1CC[C@H]2C3=C(CC[C@]12C)[C@@]12CO[C@@](O)([C@@H](O)C1)C(C)(C)[C@@H]2[C@@H](OS(=O)(=O)[O-])C3.[Na+].[Na+]. The van der Waals surface area contributed by atoms with Crippen molar-refractivity contribution in [1.29, 1.82) is 0 Å². The fraction of sp³-hybridized carbons (Fsp3) is 0.897. The van der Waals surface area contributed by atoms with Gasteiger partial charge in [0.1, 0.15) is 12.2 Å². The Morgan fingerprint density at radius 2 is 1.16 bits per heavy atom. The van der Waals surface area contributed by atoms with Crippen LogP contribution < -0.4 is 59.1 Å². The topological polar surface area (TPSA) is 241 Å². The standard InChI is InChI=1S/C58H88O15S2.2Na/c1-30(36-12-14-38-34-22-43(72-74(63,64)65)48-50(4,5)57(61)45(59)26-55(48,28-69-57)40(34)17-19-53(36,38)9)11-16-47-52(8)24-31(2)33(25-52)21-42(71-47)32(3)37-13-15-39-35-23-44(73-75(66,67)68)49-51(6,7)58(62)46(60)27-56(49,29-70-58)41(35)18-20-54(37,39)10;;/h24,30,32-33,36-39,42-49,59-62H,11-23,25-29H2,1-10H3,(H,63,64,65)(H,66,67,68);;/q;2*+1/p-2/t30-,32+,33-,36-,37-,38+,39+,42-,43+,44+,45+,46+,47+,48+,49+,52-,53-,54-,55+,56+,57+,58+;;/m1../s1. The quantitative estimate of drug-likeness (QED) is 0.106. The molecule has 14 rings (SSSR count). The molecule has 4 saturated carbocycles. The third-order valence-corrected chi connectivity index (χ3v) is 26.5. The molecule has 14 aliphatic rings. The van der Waals surface area contributed by atoms with E-state index in [4.69, 9.17) is 22.6 Å². The van der Waals surface area contributed by atoms with E-state index in [9.17, 15) is 46.4 Å². The number of aliphatic hydroxyl groups is 4. The zero-order valence-electron chi connectivity index (χ0n) is 48.1. The van der Waals surface area contributed by atoms with E-state index < -0.39 is 90.3 Å². The van der Waals surface area contributed by atoms with Crippen LogP contribution in [0.2, 0.25) is 0 Å². The third-order valence-electron chi connectivity index (χ3n) is 25.5. The van der Waals surface area contributed by atoms with Gasteiger partial charge in [-0.25, -0.2) is 16.8 Å². The molecule has 0 aromatic heterocycles. The van der Waals surface area contributed by atoms with Gasteiger partial charge in [-0.05, 0) is 162 Å². The summed E-state index contributed by atoms with van der Waals surface area (Å²) in [5.41, 5.74) is 2.25. The first kappa shape index (κ1) is 60.8. The molecule has 0 unspecified atom stereocenters. The molecule has 22 atom stereocenters. The van der Waals surface area contributed by atoms with Crippen molar-refractivity contribution in [2.45, 2.75) is 220 Å². The molecule has 0 aromatic rings. The molecule has 9 aliphatic carbocycles. The zero-order chi connectivity index (χ0) is 54.0. The minimum Gasteiger partial charge on any atom is -0.726 e. The monoisotopic (exact) mass is 1130 g/mol. The maximum Gasteiger partial charge on any atom is 1.00 e. The molecule has 5 aliphatic heterocycles. The van der Waals surface area contributed by atoms with Crippen LogP contribution in [0.5, 0.6) is 0 Å². The fourth-order valence-corrected chi connectivity index (χ4v) is 23.4. The molecule has 0 aromatic carbocycles. The molecule has 6 bridgehead atoms. The van der Waals surface area contributed by atoms with Crippen LogP contribution in [0.3, 0.4) is 0 Å². The molecule has 0 radical (unpaired) electrons. The van der Waals surface area contributed by atoms with Crippen molar-refractivity contribution in [3.8, 4) is 0 Å². The average Bonchev–Trinajstić information content (AvgIpc) is 4.04. The number of fused-ring (bicyclic) bond motifs is 10. The molecule has 19 heteroatoms. The number of hydrogen-bond donors (Lipinski definition) is 4. The Bertz CT molecular complexity index is 2730. The van der Waals surface area contributed by atoms with Gasteiger partial charge < -0.3 is 43.7 Å². The smallest absolute Gasteiger partial charge is 0.726 e. The number of allylic oxidation sites excluding steroid dienone is 1. The summed E-state index contributed by atoms with van der Waals surface area (Å²) in [4.78, 5) is 0. The van der Waals surface area contributed by atoms with Crippen molar-refractivity contribution in [3.05, 3.63) is 33.9 Å². The van der Waals surface area contributed by atoms with E-state index in [1.54, 1.807) is 27.7 Å². The van der Waals surface area contributed by atoms with Crippen molar-refractivity contribution < 1.29 is 128 Å². The van der Waals surface area contributed by atoms with Crippen LogP contribution in [0.25, 0.3) is 0 Å². The number of aliphatic hydroxyl groups excluding tert-OH is 2. The van der Waals surface area contributed by atoms with E-state index in [1.165, 1.54) is 27.9 Å². The van der Waals surface area contributed by atoms with Gasteiger partial charge >= 0.3 is 59.1 Å². The van der Waals surface area contributed by atoms with Crippen LogP contribution in [0, 0.1) is 91.2 Å². The Morgan fingerprint density at radius 3 is 1.61 bits per heavy atom. The minimum absolute atomic E-state index is 0. The first-order valence-electron chi connectivity index (χ1n) is 28.9. The molecule has 5 saturated heterocycles. The summed E-state index contributed by atoms with van der Waals surface area (Å²) < 4.78 is 106. The number of rotatable bonds is 10. The van der Waals surface area contributed by atoms with Crippen molar-refractivity contribution in [1.82, 2.24) is 0 Å². The number of ether oxygens (including phenoxy) is 3. The van der Waals surface area contributed by atoms with Crippen LogP contribution in [0.15, 0.2) is 33.9 Å². The average molecular weight is 1130 g/mol. The predicted molar refractivity (Wildman–Crippen MR) is 273 cm³/mol. The Hall–Kier alpha value is 0.680. The van der Waals surface area contributed by atoms with Crippen molar-refractivity contribution in [2.24, 2.45) is 91.2 Å². The van der Waals surface area contributed by atoms with Gasteiger partial charge in [0.05, 0.1) is 37.6 Å². The van der Waals surface area contributed by atoms with E-state index in [0.717, 1.165) is 77.0 Å². The fourth-order valence-electron chi connectivity index (χ4n) is 22.4. The van der Waals surface area contributed by atoms with Gasteiger partial charge in [-0.1, -0.05) is 96.3 Å². The molecule has 15 nitrogen and oxygen atoms in total. The second-order valence-corrected chi connectivity index (χ2v) is 31.2. The van der Waals surface area contributed by atoms with E-state index >= 15 is 0 Å². The molecule has 5 heterocycles. The van der Waals surface area contributed by atoms with E-state index in [0.29, 0.717) is 36.5 Å². The molecule has 77 heavy (non-hydrogen) atoms. The molecular formula is C58H86Na2O15S2. The first-order valence-corrected chi connectivity index (χ1v) is 31.5. The summed E-state index contributed by atoms with van der Waals surface area (Å²) in [7, 11) is -10.2.